The van der Waals surface area contributed by atoms with E-state index in [4.69, 9.17) is 0 Å². The van der Waals surface area contributed by atoms with Crippen molar-refractivity contribution in [3.8, 4) is 0 Å². The summed E-state index contributed by atoms with van der Waals surface area (Å²) in [6.45, 7) is 8.94. The molecule has 0 spiro atoms. The van der Waals surface area contributed by atoms with Crippen molar-refractivity contribution in [3.05, 3.63) is 11.5 Å². The molecule has 0 radical (unpaired) electrons. The number of unbranched alkanes of at least 4 members (excludes halogenated alkanes) is 2. The van der Waals surface area contributed by atoms with Gasteiger partial charge in [0.2, 0.25) is 0 Å². The molecule has 0 bridgehead atoms. The third-order valence-corrected chi connectivity index (χ3v) is 2.28. The predicted octanol–water partition coefficient (Wildman–Crippen LogP) is 4.22. The van der Waals surface area contributed by atoms with Crippen molar-refractivity contribution in [2.75, 3.05) is 0 Å². The molecule has 0 fully saturated rings. The van der Waals surface area contributed by atoms with Crippen LogP contribution in [0.1, 0.15) is 47.0 Å². The topological polar surface area (TPSA) is 0 Å². The molecule has 0 rings (SSSR count). The fourth-order valence-corrected chi connectivity index (χ4v) is 1.28. The minimum Gasteiger partial charge on any atom is -0.128 e. The van der Waals surface area contributed by atoms with E-state index in [0.717, 1.165) is 0 Å². The maximum absolute atomic E-state index is 2.28. The lowest BCUT2D eigenvalue weighted by atomic mass is 10.2. The molecular weight excluding hydrogens is 152 g/mol. The molecule has 0 aromatic heterocycles. The zero-order valence-electron chi connectivity index (χ0n) is 8.18. The van der Waals surface area contributed by atoms with E-state index in [9.17, 15) is 0 Å². The van der Waals surface area contributed by atoms with Gasteiger partial charge in [-0.05, 0) is 11.8 Å². The molecule has 0 heterocycles. The van der Waals surface area contributed by atoms with E-state index in [1.807, 2.05) is 11.8 Å². The van der Waals surface area contributed by atoms with Gasteiger partial charge in [-0.25, -0.2) is 0 Å². The highest BCUT2D eigenvalue weighted by Gasteiger charge is 2.06. The normalized spacial score (nSPS) is 12.7. The van der Waals surface area contributed by atoms with Crippen molar-refractivity contribution >= 4 is 11.8 Å². The first kappa shape index (κ1) is 11.1. The zero-order valence-corrected chi connectivity index (χ0v) is 9.00. The summed E-state index contributed by atoms with van der Waals surface area (Å²) in [5.74, 6) is 0. The second-order valence-electron chi connectivity index (χ2n) is 3.74. The smallest absolute Gasteiger partial charge is 0.0116 e. The van der Waals surface area contributed by atoms with Gasteiger partial charge in [-0.15, -0.1) is 11.8 Å². The van der Waals surface area contributed by atoms with Crippen LogP contribution in [-0.4, -0.2) is 4.75 Å². The third kappa shape index (κ3) is 10.1. The van der Waals surface area contributed by atoms with Crippen LogP contribution in [0.5, 0.6) is 0 Å². The Morgan fingerprint density at radius 1 is 1.27 bits per heavy atom. The standard InChI is InChI=1S/C10H20S/c1-5-6-7-8-9-11-10(2,3)4/h8-9H,5-7H2,1-4H3. The summed E-state index contributed by atoms with van der Waals surface area (Å²) in [4.78, 5) is 0. The summed E-state index contributed by atoms with van der Waals surface area (Å²) in [5.41, 5.74) is 0. The Labute approximate surface area is 75.5 Å². The van der Waals surface area contributed by atoms with Crippen molar-refractivity contribution in [1.29, 1.82) is 0 Å². The van der Waals surface area contributed by atoms with E-state index in [-0.39, 0.29) is 0 Å². The van der Waals surface area contributed by atoms with Gasteiger partial charge in [0.25, 0.3) is 0 Å². The van der Waals surface area contributed by atoms with Crippen LogP contribution in [0.4, 0.5) is 0 Å². The lowest BCUT2D eigenvalue weighted by Gasteiger charge is -2.13. The zero-order chi connectivity index (χ0) is 8.74. The van der Waals surface area contributed by atoms with Crippen LogP contribution in [0.25, 0.3) is 0 Å². The second-order valence-corrected chi connectivity index (χ2v) is 5.48. The average Bonchev–Trinajstić information content (AvgIpc) is 1.85. The summed E-state index contributed by atoms with van der Waals surface area (Å²) < 4.78 is 0.378. The Morgan fingerprint density at radius 3 is 2.36 bits per heavy atom. The molecule has 0 nitrogen and oxygen atoms in total. The molecule has 0 saturated heterocycles. The SMILES string of the molecule is CCCCC=CSC(C)(C)C. The Hall–Kier alpha value is 0.0900. The molecule has 0 amide bonds. The number of rotatable bonds is 4. The molecule has 0 unspecified atom stereocenters. The van der Waals surface area contributed by atoms with Crippen molar-refractivity contribution in [1.82, 2.24) is 0 Å². The van der Waals surface area contributed by atoms with E-state index < -0.39 is 0 Å². The molecule has 0 aliphatic rings. The molecule has 0 atom stereocenters. The van der Waals surface area contributed by atoms with Gasteiger partial charge in [0.15, 0.2) is 0 Å². The summed E-state index contributed by atoms with van der Waals surface area (Å²) in [6, 6.07) is 0. The Kier molecular flexibility index (Phi) is 5.75. The van der Waals surface area contributed by atoms with Gasteiger partial charge >= 0.3 is 0 Å². The van der Waals surface area contributed by atoms with Gasteiger partial charge < -0.3 is 0 Å². The van der Waals surface area contributed by atoms with Crippen molar-refractivity contribution in [2.45, 2.75) is 51.7 Å². The van der Waals surface area contributed by atoms with Gasteiger partial charge in [-0.3, -0.25) is 0 Å². The predicted molar refractivity (Wildman–Crippen MR) is 56.0 cm³/mol. The molecule has 66 valence electrons. The fourth-order valence-electron chi connectivity index (χ4n) is 0.642. The molecule has 1 heteroatoms. The lowest BCUT2D eigenvalue weighted by molar-refractivity contribution is 0.805. The first-order valence-electron chi connectivity index (χ1n) is 4.39. The van der Waals surface area contributed by atoms with Gasteiger partial charge in [0, 0.05) is 4.75 Å². The van der Waals surface area contributed by atoms with Crippen molar-refractivity contribution < 1.29 is 0 Å². The van der Waals surface area contributed by atoms with Gasteiger partial charge in [0.1, 0.15) is 0 Å². The summed E-state index contributed by atoms with van der Waals surface area (Å²) in [7, 11) is 0. The molecule has 0 saturated carbocycles. The molecule has 0 aliphatic carbocycles. The summed E-state index contributed by atoms with van der Waals surface area (Å²) in [6.07, 6.45) is 6.13. The highest BCUT2D eigenvalue weighted by molar-refractivity contribution is 8.03. The maximum Gasteiger partial charge on any atom is 0.0116 e. The molecular formula is C10H20S. The summed E-state index contributed by atoms with van der Waals surface area (Å²) in [5, 5.41) is 2.23. The largest absolute Gasteiger partial charge is 0.128 e. The molecule has 0 N–H and O–H groups in total. The van der Waals surface area contributed by atoms with Crippen LogP contribution in [-0.2, 0) is 0 Å². The van der Waals surface area contributed by atoms with Crippen molar-refractivity contribution in [3.63, 3.8) is 0 Å². The number of hydrogen-bond donors (Lipinski definition) is 0. The molecule has 0 aromatic rings. The maximum atomic E-state index is 2.28. The van der Waals surface area contributed by atoms with Gasteiger partial charge in [0.05, 0.1) is 0 Å². The van der Waals surface area contributed by atoms with Crippen LogP contribution in [0.15, 0.2) is 11.5 Å². The van der Waals surface area contributed by atoms with Crippen LogP contribution in [0.3, 0.4) is 0 Å². The molecule has 0 aliphatic heterocycles. The van der Waals surface area contributed by atoms with Gasteiger partial charge in [-0.2, -0.15) is 0 Å². The van der Waals surface area contributed by atoms with E-state index >= 15 is 0 Å². The highest BCUT2D eigenvalue weighted by atomic mass is 32.2. The molecule has 11 heavy (non-hydrogen) atoms. The monoisotopic (exact) mass is 172 g/mol. The highest BCUT2D eigenvalue weighted by Crippen LogP contribution is 2.24. The first-order chi connectivity index (χ1) is 5.06. The van der Waals surface area contributed by atoms with E-state index in [0.29, 0.717) is 4.75 Å². The number of hydrogen-bond acceptors (Lipinski definition) is 1. The van der Waals surface area contributed by atoms with Gasteiger partial charge in [-0.1, -0.05) is 46.6 Å². The quantitative estimate of drug-likeness (QED) is 0.572. The van der Waals surface area contributed by atoms with Crippen LogP contribution in [0, 0.1) is 0 Å². The second kappa shape index (κ2) is 5.70. The fraction of sp³-hybridized carbons (Fsp3) is 0.800. The average molecular weight is 172 g/mol. The first-order valence-corrected chi connectivity index (χ1v) is 5.27. The number of allylic oxidation sites excluding steroid dienone is 1. The molecule has 0 aromatic carbocycles. The van der Waals surface area contributed by atoms with Crippen LogP contribution < -0.4 is 0 Å². The number of thioether (sulfide) groups is 1. The van der Waals surface area contributed by atoms with E-state index in [1.165, 1.54) is 19.3 Å². The minimum atomic E-state index is 0.378. The van der Waals surface area contributed by atoms with Crippen LogP contribution >= 0.6 is 11.8 Å². The van der Waals surface area contributed by atoms with E-state index in [2.05, 4.69) is 39.2 Å². The Balaban J connectivity index is 3.30. The van der Waals surface area contributed by atoms with E-state index in [1.54, 1.807) is 0 Å². The van der Waals surface area contributed by atoms with Crippen LogP contribution in [0.2, 0.25) is 0 Å². The Morgan fingerprint density at radius 2 is 1.91 bits per heavy atom. The lowest BCUT2D eigenvalue weighted by Crippen LogP contribution is -2.04. The summed E-state index contributed by atoms with van der Waals surface area (Å²) >= 11 is 1.90. The minimum absolute atomic E-state index is 0.378. The third-order valence-electron chi connectivity index (χ3n) is 1.24. The Bertz CT molecular complexity index is 109. The van der Waals surface area contributed by atoms with Crippen molar-refractivity contribution in [2.24, 2.45) is 0 Å².